The van der Waals surface area contributed by atoms with Gasteiger partial charge in [0.1, 0.15) is 0 Å². The summed E-state index contributed by atoms with van der Waals surface area (Å²) in [4.78, 5) is 0. The number of hydrogen-bond donors (Lipinski definition) is 4. The summed E-state index contributed by atoms with van der Waals surface area (Å²) < 4.78 is 0. The molecule has 2 aromatic rings. The topological polar surface area (TPSA) is 104 Å². The Balaban J connectivity index is 0.000000184. The molecule has 4 heteroatoms. The zero-order chi connectivity index (χ0) is 13.7. The lowest BCUT2D eigenvalue weighted by molar-refractivity contribution is 1.40. The van der Waals surface area contributed by atoms with Gasteiger partial charge in [-0.15, -0.1) is 0 Å². The smallest absolute Gasteiger partial charge is 0.0347 e. The van der Waals surface area contributed by atoms with E-state index < -0.39 is 0 Å². The van der Waals surface area contributed by atoms with Crippen molar-refractivity contribution in [1.29, 1.82) is 0 Å². The molecule has 0 aromatic heterocycles. The highest BCUT2D eigenvalue weighted by Crippen LogP contribution is 2.18. The Bertz CT molecular complexity index is 447. The zero-order valence-corrected chi connectivity index (χ0v) is 10.8. The monoisotopic (exact) mass is 244 g/mol. The maximum absolute atomic E-state index is 5.63. The predicted octanol–water partition coefficient (Wildman–Crippen LogP) is 2.32. The maximum atomic E-state index is 5.63. The van der Waals surface area contributed by atoms with Crippen LogP contribution in [0.25, 0.3) is 0 Å². The number of nitrogens with two attached hydrogens (primary N) is 4. The average Bonchev–Trinajstić information content (AvgIpc) is 2.31. The fraction of sp³-hybridized carbons (Fsp3) is 0.143. The molecule has 0 fully saturated rings. The molecule has 0 heterocycles. The van der Waals surface area contributed by atoms with Crippen LogP contribution in [0.1, 0.15) is 11.1 Å². The standard InChI is InChI=1S/C8H12N2.C6H8N2/c1-5-3-8(10)6(2)4-7(5)9;7-5-1-2-6(8)4-3-5/h3-4H,9-10H2,1-2H3;1-4H,7-8H2. The molecule has 2 rings (SSSR count). The van der Waals surface area contributed by atoms with Crippen molar-refractivity contribution in [2.75, 3.05) is 22.9 Å². The first-order valence-corrected chi connectivity index (χ1v) is 5.63. The molecule has 0 atom stereocenters. The van der Waals surface area contributed by atoms with Crippen molar-refractivity contribution < 1.29 is 0 Å². The molecule has 8 N–H and O–H groups in total. The fourth-order valence-corrected chi connectivity index (χ4v) is 1.36. The van der Waals surface area contributed by atoms with Crippen molar-refractivity contribution in [3.63, 3.8) is 0 Å². The van der Waals surface area contributed by atoms with Gasteiger partial charge < -0.3 is 22.9 Å². The second-order valence-corrected chi connectivity index (χ2v) is 4.23. The lowest BCUT2D eigenvalue weighted by atomic mass is 10.1. The van der Waals surface area contributed by atoms with Crippen molar-refractivity contribution in [2.45, 2.75) is 13.8 Å². The Morgan fingerprint density at radius 1 is 0.611 bits per heavy atom. The highest BCUT2D eigenvalue weighted by Gasteiger charge is 1.96. The predicted molar refractivity (Wildman–Crippen MR) is 80.0 cm³/mol. The molecule has 0 unspecified atom stereocenters. The Kier molecular flexibility index (Phi) is 4.43. The summed E-state index contributed by atoms with van der Waals surface area (Å²) in [5.74, 6) is 0. The van der Waals surface area contributed by atoms with Crippen LogP contribution in [0.4, 0.5) is 22.7 Å². The molecule has 2 aromatic carbocycles. The van der Waals surface area contributed by atoms with Crippen LogP contribution in [-0.2, 0) is 0 Å². The highest BCUT2D eigenvalue weighted by molar-refractivity contribution is 5.59. The molecule has 0 amide bonds. The zero-order valence-electron chi connectivity index (χ0n) is 10.8. The van der Waals surface area contributed by atoms with Gasteiger partial charge in [-0.3, -0.25) is 0 Å². The fourth-order valence-electron chi connectivity index (χ4n) is 1.36. The van der Waals surface area contributed by atoms with Crippen LogP contribution in [0.5, 0.6) is 0 Å². The molecule has 0 saturated carbocycles. The molecule has 0 aliphatic heterocycles. The van der Waals surface area contributed by atoms with Crippen molar-refractivity contribution in [2.24, 2.45) is 0 Å². The van der Waals surface area contributed by atoms with Crippen LogP contribution < -0.4 is 22.9 Å². The Morgan fingerprint density at radius 3 is 1.17 bits per heavy atom. The lowest BCUT2D eigenvalue weighted by Gasteiger charge is -2.03. The molecular formula is C14H20N4. The van der Waals surface area contributed by atoms with E-state index >= 15 is 0 Å². The van der Waals surface area contributed by atoms with Crippen LogP contribution in [0, 0.1) is 13.8 Å². The van der Waals surface area contributed by atoms with Crippen LogP contribution >= 0.6 is 0 Å². The SMILES string of the molecule is Cc1cc(N)c(C)cc1N.Nc1ccc(N)cc1. The Labute approximate surface area is 108 Å². The van der Waals surface area contributed by atoms with Crippen LogP contribution in [0.2, 0.25) is 0 Å². The normalized spacial score (nSPS) is 9.44. The number of anilines is 4. The first-order valence-electron chi connectivity index (χ1n) is 5.63. The number of rotatable bonds is 0. The molecule has 18 heavy (non-hydrogen) atoms. The summed E-state index contributed by atoms with van der Waals surface area (Å²) in [7, 11) is 0. The third-order valence-corrected chi connectivity index (χ3v) is 2.59. The van der Waals surface area contributed by atoms with E-state index in [-0.39, 0.29) is 0 Å². The largest absolute Gasteiger partial charge is 0.399 e. The molecule has 96 valence electrons. The molecule has 0 aliphatic rings. The van der Waals surface area contributed by atoms with Gasteiger partial charge in [0.2, 0.25) is 0 Å². The van der Waals surface area contributed by atoms with Crippen LogP contribution in [0.15, 0.2) is 36.4 Å². The Hall–Kier alpha value is -2.36. The van der Waals surface area contributed by atoms with E-state index in [4.69, 9.17) is 22.9 Å². The molecule has 0 spiro atoms. The van der Waals surface area contributed by atoms with Gasteiger partial charge in [-0.25, -0.2) is 0 Å². The van der Waals surface area contributed by atoms with Crippen molar-refractivity contribution >= 4 is 22.7 Å². The number of aryl methyl sites for hydroxylation is 2. The number of benzene rings is 2. The lowest BCUT2D eigenvalue weighted by Crippen LogP contribution is -1.95. The molecule has 4 nitrogen and oxygen atoms in total. The van der Waals surface area contributed by atoms with Crippen LogP contribution in [-0.4, -0.2) is 0 Å². The van der Waals surface area contributed by atoms with Crippen molar-refractivity contribution in [1.82, 2.24) is 0 Å². The van der Waals surface area contributed by atoms with Gasteiger partial charge in [0.15, 0.2) is 0 Å². The summed E-state index contributed by atoms with van der Waals surface area (Å²) in [6, 6.07) is 10.9. The first kappa shape index (κ1) is 13.7. The quantitative estimate of drug-likeness (QED) is 0.534. The summed E-state index contributed by atoms with van der Waals surface area (Å²) in [6.45, 7) is 3.90. The van der Waals surface area contributed by atoms with Gasteiger partial charge in [-0.05, 0) is 61.4 Å². The van der Waals surface area contributed by atoms with E-state index in [1.54, 1.807) is 24.3 Å². The Morgan fingerprint density at radius 2 is 0.889 bits per heavy atom. The van der Waals surface area contributed by atoms with Gasteiger partial charge in [0.05, 0.1) is 0 Å². The van der Waals surface area contributed by atoms with Crippen LogP contribution in [0.3, 0.4) is 0 Å². The van der Waals surface area contributed by atoms with Gasteiger partial charge >= 0.3 is 0 Å². The number of nitrogen functional groups attached to an aromatic ring is 4. The van der Waals surface area contributed by atoms with E-state index in [9.17, 15) is 0 Å². The van der Waals surface area contributed by atoms with Gasteiger partial charge in [0, 0.05) is 22.7 Å². The van der Waals surface area contributed by atoms with Gasteiger partial charge in [0.25, 0.3) is 0 Å². The third kappa shape index (κ3) is 3.90. The summed E-state index contributed by atoms with van der Waals surface area (Å²) in [6.07, 6.45) is 0. The number of hydrogen-bond acceptors (Lipinski definition) is 4. The van der Waals surface area contributed by atoms with Gasteiger partial charge in [-0.1, -0.05) is 0 Å². The van der Waals surface area contributed by atoms with Crippen molar-refractivity contribution in [3.8, 4) is 0 Å². The summed E-state index contributed by atoms with van der Waals surface area (Å²) >= 11 is 0. The summed E-state index contributed by atoms with van der Waals surface area (Å²) in [5.41, 5.74) is 27.2. The van der Waals surface area contributed by atoms with E-state index in [1.807, 2.05) is 26.0 Å². The molecule has 0 saturated heterocycles. The van der Waals surface area contributed by atoms with Gasteiger partial charge in [-0.2, -0.15) is 0 Å². The molecular weight excluding hydrogens is 224 g/mol. The van der Waals surface area contributed by atoms with E-state index in [2.05, 4.69) is 0 Å². The minimum atomic E-state index is 0.749. The highest BCUT2D eigenvalue weighted by atomic mass is 14.6. The second-order valence-electron chi connectivity index (χ2n) is 4.23. The first-order chi connectivity index (χ1) is 8.40. The molecule has 0 radical (unpaired) electrons. The van der Waals surface area contributed by atoms with Crippen molar-refractivity contribution in [3.05, 3.63) is 47.5 Å². The van der Waals surface area contributed by atoms with E-state index in [1.165, 1.54) is 0 Å². The van der Waals surface area contributed by atoms with E-state index in [0.717, 1.165) is 33.9 Å². The maximum Gasteiger partial charge on any atom is 0.0347 e. The third-order valence-electron chi connectivity index (χ3n) is 2.59. The molecule has 0 bridgehead atoms. The minimum absolute atomic E-state index is 0.749. The molecule has 0 aliphatic carbocycles. The van der Waals surface area contributed by atoms with E-state index in [0.29, 0.717) is 0 Å². The minimum Gasteiger partial charge on any atom is -0.399 e. The average molecular weight is 244 g/mol. The second kappa shape index (κ2) is 5.82. The summed E-state index contributed by atoms with van der Waals surface area (Å²) in [5, 5.41) is 0.